The Balaban J connectivity index is 2.05. The van der Waals surface area contributed by atoms with Crippen LogP contribution in [0, 0.1) is 0 Å². The van der Waals surface area contributed by atoms with Gasteiger partial charge in [0.25, 0.3) is 0 Å². The Morgan fingerprint density at radius 3 is 2.45 bits per heavy atom. The molecule has 3 heteroatoms. The van der Waals surface area contributed by atoms with Gasteiger partial charge in [0.05, 0.1) is 7.11 Å². The van der Waals surface area contributed by atoms with Gasteiger partial charge in [0.15, 0.2) is 0 Å². The van der Waals surface area contributed by atoms with E-state index in [0.29, 0.717) is 0 Å². The smallest absolute Gasteiger partial charge is 0.119 e. The van der Waals surface area contributed by atoms with Crippen molar-refractivity contribution in [3.05, 3.63) is 23.8 Å². The van der Waals surface area contributed by atoms with Gasteiger partial charge in [0.1, 0.15) is 5.75 Å². The Hall–Kier alpha value is -1.22. The molecule has 0 spiro atoms. The average molecular weight is 274 g/mol. The van der Waals surface area contributed by atoms with Crippen LogP contribution in [0.1, 0.15) is 44.1 Å². The van der Waals surface area contributed by atoms with Crippen LogP contribution in [0.3, 0.4) is 0 Å². The summed E-state index contributed by atoms with van der Waals surface area (Å²) in [6.07, 6.45) is 7.65. The zero-order chi connectivity index (χ0) is 14.0. The summed E-state index contributed by atoms with van der Waals surface area (Å²) >= 11 is 0. The fourth-order valence-corrected chi connectivity index (χ4v) is 3.94. The van der Waals surface area contributed by atoms with E-state index in [0.717, 1.165) is 12.3 Å². The quantitative estimate of drug-likeness (QED) is 0.917. The molecule has 0 bridgehead atoms. The number of benzene rings is 1. The molecule has 1 saturated heterocycles. The van der Waals surface area contributed by atoms with Crippen molar-refractivity contribution in [2.24, 2.45) is 5.73 Å². The van der Waals surface area contributed by atoms with Crippen molar-refractivity contribution < 1.29 is 4.74 Å². The summed E-state index contributed by atoms with van der Waals surface area (Å²) in [4.78, 5) is 2.53. The van der Waals surface area contributed by atoms with Crippen molar-refractivity contribution in [3.8, 4) is 5.75 Å². The van der Waals surface area contributed by atoms with Crippen LogP contribution in [0.5, 0.6) is 5.75 Å². The number of ether oxygens (including phenoxy) is 1. The molecule has 1 aliphatic carbocycles. The molecule has 1 aromatic carbocycles. The number of methoxy groups -OCH3 is 1. The fourth-order valence-electron chi connectivity index (χ4n) is 3.94. The highest BCUT2D eigenvalue weighted by Crippen LogP contribution is 2.45. The zero-order valence-corrected chi connectivity index (χ0v) is 12.5. The third-order valence-corrected chi connectivity index (χ3v) is 5.17. The molecule has 1 heterocycles. The van der Waals surface area contributed by atoms with Gasteiger partial charge in [-0.15, -0.1) is 0 Å². The average Bonchev–Trinajstić information content (AvgIpc) is 3.18. The van der Waals surface area contributed by atoms with Crippen molar-refractivity contribution in [2.45, 2.75) is 43.9 Å². The first-order chi connectivity index (χ1) is 9.79. The molecule has 0 atom stereocenters. The van der Waals surface area contributed by atoms with Gasteiger partial charge in [-0.3, -0.25) is 0 Å². The highest BCUT2D eigenvalue weighted by Gasteiger charge is 2.37. The third-order valence-electron chi connectivity index (χ3n) is 5.17. The Bertz CT molecular complexity index is 460. The minimum atomic E-state index is 0.173. The number of anilines is 1. The number of hydrogen-bond donors (Lipinski definition) is 1. The normalized spacial score (nSPS) is 21.4. The number of nitrogens with two attached hydrogens (primary N) is 1. The number of hydrogen-bond acceptors (Lipinski definition) is 3. The SMILES string of the molecule is COc1ccc(N2CCCC2)c(C2(CN)CCCC2)c1. The maximum absolute atomic E-state index is 6.20. The first-order valence-electron chi connectivity index (χ1n) is 7.93. The second-order valence-electron chi connectivity index (χ2n) is 6.27. The molecule has 2 N–H and O–H groups in total. The van der Waals surface area contributed by atoms with Gasteiger partial charge in [-0.1, -0.05) is 12.8 Å². The van der Waals surface area contributed by atoms with E-state index in [2.05, 4.69) is 23.1 Å². The van der Waals surface area contributed by atoms with Gasteiger partial charge < -0.3 is 15.4 Å². The highest BCUT2D eigenvalue weighted by molar-refractivity contribution is 5.60. The molecule has 1 aliphatic heterocycles. The van der Waals surface area contributed by atoms with Crippen LogP contribution in [-0.2, 0) is 5.41 Å². The predicted octanol–water partition coefficient (Wildman–Crippen LogP) is 3.07. The third kappa shape index (κ3) is 2.28. The monoisotopic (exact) mass is 274 g/mol. The maximum Gasteiger partial charge on any atom is 0.119 e. The van der Waals surface area contributed by atoms with Crippen LogP contribution in [0.2, 0.25) is 0 Å². The van der Waals surface area contributed by atoms with E-state index in [4.69, 9.17) is 10.5 Å². The lowest BCUT2D eigenvalue weighted by molar-refractivity contribution is 0.407. The predicted molar refractivity (Wildman–Crippen MR) is 83.6 cm³/mol. The molecule has 2 fully saturated rings. The van der Waals surface area contributed by atoms with Crippen LogP contribution >= 0.6 is 0 Å². The van der Waals surface area contributed by atoms with Crippen molar-refractivity contribution in [1.29, 1.82) is 0 Å². The number of rotatable bonds is 4. The van der Waals surface area contributed by atoms with Crippen LogP contribution < -0.4 is 15.4 Å². The van der Waals surface area contributed by atoms with E-state index in [9.17, 15) is 0 Å². The summed E-state index contributed by atoms with van der Waals surface area (Å²) in [5, 5.41) is 0. The van der Waals surface area contributed by atoms with Crippen LogP contribution in [0.4, 0.5) is 5.69 Å². The lowest BCUT2D eigenvalue weighted by Gasteiger charge is -2.33. The molecule has 20 heavy (non-hydrogen) atoms. The largest absolute Gasteiger partial charge is 0.497 e. The summed E-state index contributed by atoms with van der Waals surface area (Å²) in [5.74, 6) is 0.961. The first kappa shape index (κ1) is 13.7. The van der Waals surface area contributed by atoms with Gasteiger partial charge in [0.2, 0.25) is 0 Å². The summed E-state index contributed by atoms with van der Waals surface area (Å²) in [6.45, 7) is 3.11. The van der Waals surface area contributed by atoms with Crippen molar-refractivity contribution in [2.75, 3.05) is 31.6 Å². The second kappa shape index (κ2) is 5.65. The van der Waals surface area contributed by atoms with Crippen molar-refractivity contribution >= 4 is 5.69 Å². The molecule has 0 aromatic heterocycles. The van der Waals surface area contributed by atoms with Gasteiger partial charge in [-0.2, -0.15) is 0 Å². The van der Waals surface area contributed by atoms with Gasteiger partial charge in [0, 0.05) is 30.7 Å². The lowest BCUT2D eigenvalue weighted by atomic mass is 9.77. The molecule has 2 aliphatic rings. The molecule has 3 nitrogen and oxygen atoms in total. The molecule has 1 saturated carbocycles. The van der Waals surface area contributed by atoms with E-state index < -0.39 is 0 Å². The standard InChI is InChI=1S/C17H26N2O/c1-20-14-6-7-16(19-10-4-5-11-19)15(12-14)17(13-18)8-2-3-9-17/h6-7,12H,2-5,8-11,13,18H2,1H3. The molecular weight excluding hydrogens is 248 g/mol. The summed E-state index contributed by atoms with van der Waals surface area (Å²) in [7, 11) is 1.75. The second-order valence-corrected chi connectivity index (χ2v) is 6.27. The summed E-state index contributed by atoms with van der Waals surface area (Å²) in [5.41, 5.74) is 9.20. The first-order valence-corrected chi connectivity index (χ1v) is 7.93. The van der Waals surface area contributed by atoms with Crippen molar-refractivity contribution in [3.63, 3.8) is 0 Å². The van der Waals surface area contributed by atoms with E-state index >= 15 is 0 Å². The van der Waals surface area contributed by atoms with Crippen LogP contribution in [0.15, 0.2) is 18.2 Å². The molecule has 0 unspecified atom stereocenters. The van der Waals surface area contributed by atoms with Gasteiger partial charge in [-0.05, 0) is 49.4 Å². The van der Waals surface area contributed by atoms with E-state index in [1.807, 2.05) is 0 Å². The Kier molecular flexibility index (Phi) is 3.88. The van der Waals surface area contributed by atoms with Crippen LogP contribution in [0.25, 0.3) is 0 Å². The minimum Gasteiger partial charge on any atom is -0.497 e. The van der Waals surface area contributed by atoms with E-state index in [-0.39, 0.29) is 5.41 Å². The lowest BCUT2D eigenvalue weighted by Crippen LogP contribution is -2.34. The molecule has 110 valence electrons. The number of nitrogens with zero attached hydrogens (tertiary/aromatic N) is 1. The maximum atomic E-state index is 6.20. The van der Waals surface area contributed by atoms with E-state index in [1.54, 1.807) is 7.11 Å². The summed E-state index contributed by atoms with van der Waals surface area (Å²) in [6, 6.07) is 6.58. The van der Waals surface area contributed by atoms with Gasteiger partial charge >= 0.3 is 0 Å². The Labute approximate surface area is 122 Å². The highest BCUT2D eigenvalue weighted by atomic mass is 16.5. The van der Waals surface area contributed by atoms with E-state index in [1.165, 1.54) is 62.9 Å². The van der Waals surface area contributed by atoms with Crippen molar-refractivity contribution in [1.82, 2.24) is 0 Å². The fraction of sp³-hybridized carbons (Fsp3) is 0.647. The van der Waals surface area contributed by atoms with Gasteiger partial charge in [-0.25, -0.2) is 0 Å². The molecule has 0 amide bonds. The van der Waals surface area contributed by atoms with Crippen LogP contribution in [-0.4, -0.2) is 26.7 Å². The minimum absolute atomic E-state index is 0.173. The molecule has 3 rings (SSSR count). The molecule has 0 radical (unpaired) electrons. The Morgan fingerprint density at radius 1 is 1.15 bits per heavy atom. The topological polar surface area (TPSA) is 38.5 Å². The summed E-state index contributed by atoms with van der Waals surface area (Å²) < 4.78 is 5.46. The molecule has 1 aromatic rings. The Morgan fingerprint density at radius 2 is 1.85 bits per heavy atom. The zero-order valence-electron chi connectivity index (χ0n) is 12.5. The molecular formula is C17H26N2O.